The summed E-state index contributed by atoms with van der Waals surface area (Å²) < 4.78 is 1.89. The van der Waals surface area contributed by atoms with Crippen LogP contribution < -0.4 is 5.32 Å². The van der Waals surface area contributed by atoms with Crippen molar-refractivity contribution in [2.75, 3.05) is 0 Å². The van der Waals surface area contributed by atoms with Gasteiger partial charge in [-0.3, -0.25) is 4.68 Å². The third-order valence-electron chi connectivity index (χ3n) is 4.23. The van der Waals surface area contributed by atoms with Gasteiger partial charge in [-0.1, -0.05) is 6.42 Å². The molecule has 1 N–H and O–H groups in total. The van der Waals surface area contributed by atoms with Crippen LogP contribution in [0.1, 0.15) is 37.9 Å². The molecule has 1 aliphatic carbocycles. The summed E-state index contributed by atoms with van der Waals surface area (Å²) in [6, 6.07) is 1.40. The van der Waals surface area contributed by atoms with E-state index in [1.807, 2.05) is 11.7 Å². The highest BCUT2D eigenvalue weighted by molar-refractivity contribution is 4.96. The molecule has 3 unspecified atom stereocenters. The quantitative estimate of drug-likeness (QED) is 0.816. The fourth-order valence-electron chi connectivity index (χ4n) is 3.29. The molecular weight excluding hydrogens is 200 g/mol. The standard InChI is InChI=1S/C12H20N4/c1-16-12(13-8-14-16)7-10-6-5-9-3-2-4-11(9)15-10/h8-11,15H,2-7H2,1H3. The van der Waals surface area contributed by atoms with Gasteiger partial charge in [0.05, 0.1) is 0 Å². The van der Waals surface area contributed by atoms with Gasteiger partial charge >= 0.3 is 0 Å². The van der Waals surface area contributed by atoms with E-state index in [0.717, 1.165) is 24.2 Å². The van der Waals surface area contributed by atoms with Crippen LogP contribution in [-0.4, -0.2) is 26.8 Å². The SMILES string of the molecule is Cn1ncnc1CC1CCC2CCCC2N1. The van der Waals surface area contributed by atoms with Crippen LogP contribution in [0.25, 0.3) is 0 Å². The lowest BCUT2D eigenvalue weighted by Gasteiger charge is -2.33. The Hall–Kier alpha value is -0.900. The van der Waals surface area contributed by atoms with E-state index >= 15 is 0 Å². The van der Waals surface area contributed by atoms with Gasteiger partial charge in [0.15, 0.2) is 0 Å². The molecule has 16 heavy (non-hydrogen) atoms. The first kappa shape index (κ1) is 10.3. The zero-order valence-corrected chi connectivity index (χ0v) is 9.89. The molecule has 1 saturated carbocycles. The van der Waals surface area contributed by atoms with Crippen molar-refractivity contribution in [3.8, 4) is 0 Å². The Morgan fingerprint density at radius 3 is 3.12 bits per heavy atom. The molecule has 0 radical (unpaired) electrons. The highest BCUT2D eigenvalue weighted by Crippen LogP contribution is 2.33. The van der Waals surface area contributed by atoms with Gasteiger partial charge in [0, 0.05) is 25.6 Å². The molecule has 2 fully saturated rings. The van der Waals surface area contributed by atoms with Crippen LogP contribution in [-0.2, 0) is 13.5 Å². The topological polar surface area (TPSA) is 42.7 Å². The monoisotopic (exact) mass is 220 g/mol. The van der Waals surface area contributed by atoms with Crippen molar-refractivity contribution < 1.29 is 0 Å². The first-order valence-corrected chi connectivity index (χ1v) is 6.42. The first-order valence-electron chi connectivity index (χ1n) is 6.42. The number of hydrogen-bond donors (Lipinski definition) is 1. The van der Waals surface area contributed by atoms with Crippen LogP contribution in [0.2, 0.25) is 0 Å². The number of nitrogens with one attached hydrogen (secondary N) is 1. The van der Waals surface area contributed by atoms with Gasteiger partial charge in [0.2, 0.25) is 0 Å². The maximum absolute atomic E-state index is 4.31. The highest BCUT2D eigenvalue weighted by atomic mass is 15.3. The van der Waals surface area contributed by atoms with Crippen LogP contribution in [0.3, 0.4) is 0 Å². The minimum Gasteiger partial charge on any atom is -0.311 e. The fourth-order valence-corrected chi connectivity index (χ4v) is 3.29. The van der Waals surface area contributed by atoms with Crippen LogP contribution in [0.4, 0.5) is 0 Å². The fraction of sp³-hybridized carbons (Fsp3) is 0.833. The van der Waals surface area contributed by atoms with Crippen molar-refractivity contribution >= 4 is 0 Å². The van der Waals surface area contributed by atoms with Crippen molar-refractivity contribution in [2.45, 2.75) is 50.6 Å². The average Bonchev–Trinajstić information content (AvgIpc) is 2.88. The molecule has 2 heterocycles. The molecule has 4 heteroatoms. The average molecular weight is 220 g/mol. The van der Waals surface area contributed by atoms with E-state index < -0.39 is 0 Å². The lowest BCUT2D eigenvalue weighted by molar-refractivity contribution is 0.254. The second-order valence-corrected chi connectivity index (χ2v) is 5.24. The summed E-state index contributed by atoms with van der Waals surface area (Å²) in [6.07, 6.45) is 9.61. The zero-order chi connectivity index (χ0) is 11.0. The molecule has 3 rings (SSSR count). The second-order valence-electron chi connectivity index (χ2n) is 5.24. The van der Waals surface area contributed by atoms with Crippen molar-refractivity contribution in [3.63, 3.8) is 0 Å². The lowest BCUT2D eigenvalue weighted by atomic mass is 9.88. The number of fused-ring (bicyclic) bond motifs is 1. The lowest BCUT2D eigenvalue weighted by Crippen LogP contribution is -2.46. The Kier molecular flexibility index (Phi) is 2.67. The van der Waals surface area contributed by atoms with Gasteiger partial charge in [-0.15, -0.1) is 0 Å². The summed E-state index contributed by atoms with van der Waals surface area (Å²) >= 11 is 0. The van der Waals surface area contributed by atoms with Gasteiger partial charge < -0.3 is 5.32 Å². The normalized spacial score (nSPS) is 33.9. The Morgan fingerprint density at radius 1 is 1.38 bits per heavy atom. The number of nitrogens with zero attached hydrogens (tertiary/aromatic N) is 3. The summed E-state index contributed by atoms with van der Waals surface area (Å²) in [5.74, 6) is 2.06. The van der Waals surface area contributed by atoms with E-state index in [0.29, 0.717) is 6.04 Å². The Morgan fingerprint density at radius 2 is 2.31 bits per heavy atom. The third kappa shape index (κ3) is 1.86. The Labute approximate surface area is 96.4 Å². The van der Waals surface area contributed by atoms with E-state index in [1.165, 1.54) is 32.1 Å². The molecule has 1 aromatic rings. The molecule has 0 spiro atoms. The van der Waals surface area contributed by atoms with Crippen LogP contribution >= 0.6 is 0 Å². The van der Waals surface area contributed by atoms with E-state index in [2.05, 4.69) is 15.4 Å². The molecule has 2 aliphatic rings. The van der Waals surface area contributed by atoms with E-state index in [9.17, 15) is 0 Å². The molecule has 1 saturated heterocycles. The van der Waals surface area contributed by atoms with Crippen molar-refractivity contribution in [1.82, 2.24) is 20.1 Å². The molecule has 0 amide bonds. The predicted molar refractivity (Wildman–Crippen MR) is 62.0 cm³/mol. The summed E-state index contributed by atoms with van der Waals surface area (Å²) in [5.41, 5.74) is 0. The number of hydrogen-bond acceptors (Lipinski definition) is 3. The van der Waals surface area contributed by atoms with Gasteiger partial charge in [-0.05, 0) is 31.6 Å². The number of rotatable bonds is 2. The van der Waals surface area contributed by atoms with Gasteiger partial charge in [0.25, 0.3) is 0 Å². The molecule has 1 aromatic heterocycles. The molecule has 0 bridgehead atoms. The summed E-state index contributed by atoms with van der Waals surface area (Å²) in [6.45, 7) is 0. The van der Waals surface area contributed by atoms with E-state index in [-0.39, 0.29) is 0 Å². The summed E-state index contributed by atoms with van der Waals surface area (Å²) in [4.78, 5) is 4.31. The summed E-state index contributed by atoms with van der Waals surface area (Å²) in [5, 5.41) is 7.93. The number of aromatic nitrogens is 3. The maximum atomic E-state index is 4.31. The van der Waals surface area contributed by atoms with Crippen LogP contribution in [0.15, 0.2) is 6.33 Å². The summed E-state index contributed by atoms with van der Waals surface area (Å²) in [7, 11) is 1.98. The van der Waals surface area contributed by atoms with Crippen LogP contribution in [0, 0.1) is 5.92 Å². The highest BCUT2D eigenvalue weighted by Gasteiger charge is 2.33. The molecular formula is C12H20N4. The molecule has 0 aromatic carbocycles. The minimum atomic E-state index is 0.613. The molecule has 88 valence electrons. The van der Waals surface area contributed by atoms with Crippen LogP contribution in [0.5, 0.6) is 0 Å². The minimum absolute atomic E-state index is 0.613. The van der Waals surface area contributed by atoms with E-state index in [1.54, 1.807) is 6.33 Å². The van der Waals surface area contributed by atoms with Crippen molar-refractivity contribution in [3.05, 3.63) is 12.2 Å². The largest absolute Gasteiger partial charge is 0.311 e. The van der Waals surface area contributed by atoms with Gasteiger partial charge in [-0.2, -0.15) is 5.10 Å². The second kappa shape index (κ2) is 4.17. The van der Waals surface area contributed by atoms with Crippen molar-refractivity contribution in [2.24, 2.45) is 13.0 Å². The first-order chi connectivity index (χ1) is 7.83. The Bertz CT molecular complexity index is 360. The van der Waals surface area contributed by atoms with E-state index in [4.69, 9.17) is 0 Å². The zero-order valence-electron chi connectivity index (χ0n) is 9.89. The van der Waals surface area contributed by atoms with Gasteiger partial charge in [0.1, 0.15) is 12.2 Å². The van der Waals surface area contributed by atoms with Gasteiger partial charge in [-0.25, -0.2) is 4.98 Å². The molecule has 3 atom stereocenters. The number of aryl methyl sites for hydroxylation is 1. The van der Waals surface area contributed by atoms with Crippen molar-refractivity contribution in [1.29, 1.82) is 0 Å². The molecule has 4 nitrogen and oxygen atoms in total. The molecule has 1 aliphatic heterocycles. The number of piperidine rings is 1. The Balaban J connectivity index is 1.62. The third-order valence-corrected chi connectivity index (χ3v) is 4.23. The maximum Gasteiger partial charge on any atom is 0.138 e. The smallest absolute Gasteiger partial charge is 0.138 e. The predicted octanol–water partition coefficient (Wildman–Crippen LogP) is 1.28.